The molecule has 114 valence electrons. The molecule has 0 aromatic heterocycles. The van der Waals surface area contributed by atoms with Crippen LogP contribution in [0.3, 0.4) is 0 Å². The van der Waals surface area contributed by atoms with Gasteiger partial charge in [0.15, 0.2) is 0 Å². The highest BCUT2D eigenvalue weighted by molar-refractivity contribution is 5.74. The van der Waals surface area contributed by atoms with Gasteiger partial charge in [-0.3, -0.25) is 4.90 Å². The van der Waals surface area contributed by atoms with Crippen molar-refractivity contribution in [1.82, 2.24) is 15.5 Å². The molecular formula is C16H29N3O. The van der Waals surface area contributed by atoms with Crippen LogP contribution in [0.2, 0.25) is 0 Å². The summed E-state index contributed by atoms with van der Waals surface area (Å²) in [6, 6.07) is 1.46. The Bertz CT molecular complexity index is 326. The van der Waals surface area contributed by atoms with E-state index in [1.165, 1.54) is 58.0 Å². The minimum absolute atomic E-state index is 0.0781. The van der Waals surface area contributed by atoms with Crippen molar-refractivity contribution < 1.29 is 4.79 Å². The third kappa shape index (κ3) is 3.46. The molecular weight excluding hydrogens is 250 g/mol. The number of carbonyl (C=O) groups excluding carboxylic acids is 1. The molecule has 0 aromatic rings. The van der Waals surface area contributed by atoms with E-state index in [4.69, 9.17) is 0 Å². The molecule has 1 saturated carbocycles. The molecule has 1 aliphatic carbocycles. The Morgan fingerprint density at radius 3 is 2.35 bits per heavy atom. The molecule has 3 rings (SSSR count). The minimum Gasteiger partial charge on any atom is -0.335 e. The van der Waals surface area contributed by atoms with E-state index in [0.29, 0.717) is 18.1 Å². The van der Waals surface area contributed by atoms with Crippen LogP contribution in [0.15, 0.2) is 0 Å². The minimum atomic E-state index is 0.0781. The van der Waals surface area contributed by atoms with Crippen molar-refractivity contribution in [3.8, 4) is 0 Å². The maximum absolute atomic E-state index is 12.2. The van der Waals surface area contributed by atoms with Crippen molar-refractivity contribution in [3.63, 3.8) is 0 Å². The van der Waals surface area contributed by atoms with Crippen molar-refractivity contribution in [3.05, 3.63) is 0 Å². The Morgan fingerprint density at radius 2 is 1.55 bits per heavy atom. The van der Waals surface area contributed by atoms with Gasteiger partial charge < -0.3 is 10.6 Å². The Kier molecular flexibility index (Phi) is 4.81. The van der Waals surface area contributed by atoms with E-state index in [9.17, 15) is 4.79 Å². The molecule has 2 aliphatic heterocycles. The van der Waals surface area contributed by atoms with E-state index >= 15 is 0 Å². The number of amides is 2. The summed E-state index contributed by atoms with van der Waals surface area (Å²) in [6.45, 7) is 2.39. The average molecular weight is 279 g/mol. The van der Waals surface area contributed by atoms with Gasteiger partial charge in [0.05, 0.1) is 0 Å². The van der Waals surface area contributed by atoms with E-state index in [-0.39, 0.29) is 6.03 Å². The number of nitrogens with one attached hydrogen (secondary N) is 2. The second kappa shape index (κ2) is 6.79. The number of piperidine rings is 1. The third-order valence-corrected chi connectivity index (χ3v) is 5.36. The first kappa shape index (κ1) is 14.2. The van der Waals surface area contributed by atoms with Gasteiger partial charge in [-0.25, -0.2) is 4.79 Å². The molecule has 20 heavy (non-hydrogen) atoms. The molecule has 2 heterocycles. The lowest BCUT2D eigenvalue weighted by molar-refractivity contribution is 0.178. The fourth-order valence-electron chi connectivity index (χ4n) is 4.23. The number of carbonyl (C=O) groups is 1. The maximum atomic E-state index is 12.2. The molecule has 0 radical (unpaired) electrons. The highest BCUT2D eigenvalue weighted by Crippen LogP contribution is 2.27. The summed E-state index contributed by atoms with van der Waals surface area (Å²) >= 11 is 0. The number of hydrogen-bond acceptors (Lipinski definition) is 2. The number of urea groups is 1. The highest BCUT2D eigenvalue weighted by Gasteiger charge is 2.36. The molecule has 3 aliphatic rings. The van der Waals surface area contributed by atoms with E-state index in [1.54, 1.807) is 0 Å². The number of fused-ring (bicyclic) bond motifs is 1. The Balaban J connectivity index is 1.46. The molecule has 2 unspecified atom stereocenters. The van der Waals surface area contributed by atoms with Crippen LogP contribution in [0, 0.1) is 0 Å². The maximum Gasteiger partial charge on any atom is 0.315 e. The lowest BCUT2D eigenvalue weighted by Gasteiger charge is -2.32. The normalized spacial score (nSPS) is 32.4. The van der Waals surface area contributed by atoms with Crippen molar-refractivity contribution in [2.45, 2.75) is 82.3 Å². The summed E-state index contributed by atoms with van der Waals surface area (Å²) in [7, 11) is 0. The summed E-state index contributed by atoms with van der Waals surface area (Å²) in [6.07, 6.45) is 12.6. The quantitative estimate of drug-likeness (QED) is 0.763. The predicted octanol–water partition coefficient (Wildman–Crippen LogP) is 2.64. The van der Waals surface area contributed by atoms with Gasteiger partial charge in [0.2, 0.25) is 0 Å². The van der Waals surface area contributed by atoms with E-state index < -0.39 is 0 Å². The van der Waals surface area contributed by atoms with Crippen LogP contribution in [0.25, 0.3) is 0 Å². The van der Waals surface area contributed by atoms with E-state index in [0.717, 1.165) is 19.3 Å². The van der Waals surface area contributed by atoms with Gasteiger partial charge in [0.1, 0.15) is 0 Å². The van der Waals surface area contributed by atoms with Gasteiger partial charge in [0.25, 0.3) is 0 Å². The van der Waals surface area contributed by atoms with Gasteiger partial charge in [0, 0.05) is 24.7 Å². The van der Waals surface area contributed by atoms with Gasteiger partial charge >= 0.3 is 6.03 Å². The molecule has 3 fully saturated rings. The van der Waals surface area contributed by atoms with Crippen molar-refractivity contribution in [1.29, 1.82) is 0 Å². The predicted molar refractivity (Wildman–Crippen MR) is 80.8 cm³/mol. The first-order valence-corrected chi connectivity index (χ1v) is 8.64. The zero-order chi connectivity index (χ0) is 13.8. The lowest BCUT2D eigenvalue weighted by atomic mass is 9.99. The molecule has 2 amide bonds. The van der Waals surface area contributed by atoms with Gasteiger partial charge in [-0.2, -0.15) is 0 Å². The lowest BCUT2D eigenvalue weighted by Crippen LogP contribution is -2.51. The first-order chi connectivity index (χ1) is 9.83. The smallest absolute Gasteiger partial charge is 0.315 e. The first-order valence-electron chi connectivity index (χ1n) is 8.64. The van der Waals surface area contributed by atoms with Crippen molar-refractivity contribution in [2.24, 2.45) is 0 Å². The molecule has 2 saturated heterocycles. The van der Waals surface area contributed by atoms with Crippen LogP contribution in [0.4, 0.5) is 4.79 Å². The fourth-order valence-corrected chi connectivity index (χ4v) is 4.23. The van der Waals surface area contributed by atoms with Gasteiger partial charge in [-0.1, -0.05) is 32.1 Å². The van der Waals surface area contributed by atoms with Crippen LogP contribution in [-0.2, 0) is 0 Å². The fraction of sp³-hybridized carbons (Fsp3) is 0.938. The Morgan fingerprint density at radius 1 is 0.800 bits per heavy atom. The molecule has 0 aromatic carbocycles. The summed E-state index contributed by atoms with van der Waals surface area (Å²) in [5.74, 6) is 0. The number of hydrogen-bond donors (Lipinski definition) is 2. The highest BCUT2D eigenvalue weighted by atomic mass is 16.2. The Hall–Kier alpha value is -0.770. The molecule has 0 bridgehead atoms. The van der Waals surface area contributed by atoms with E-state index in [1.807, 2.05) is 0 Å². The second-order valence-electron chi connectivity index (χ2n) is 6.80. The molecule has 0 spiro atoms. The monoisotopic (exact) mass is 279 g/mol. The van der Waals surface area contributed by atoms with Crippen LogP contribution in [-0.4, -0.2) is 42.1 Å². The molecule has 4 heteroatoms. The van der Waals surface area contributed by atoms with Crippen LogP contribution < -0.4 is 10.6 Å². The van der Waals surface area contributed by atoms with Crippen LogP contribution in [0.1, 0.15) is 64.2 Å². The zero-order valence-electron chi connectivity index (χ0n) is 12.6. The van der Waals surface area contributed by atoms with Crippen LogP contribution >= 0.6 is 0 Å². The summed E-state index contributed by atoms with van der Waals surface area (Å²) in [5.41, 5.74) is 0. The number of nitrogens with zero attached hydrogens (tertiary/aromatic N) is 1. The van der Waals surface area contributed by atoms with Crippen LogP contribution in [0.5, 0.6) is 0 Å². The second-order valence-corrected chi connectivity index (χ2v) is 6.80. The van der Waals surface area contributed by atoms with Gasteiger partial charge in [-0.15, -0.1) is 0 Å². The molecule has 2 atom stereocenters. The summed E-state index contributed by atoms with van der Waals surface area (Å²) in [5, 5.41) is 6.47. The topological polar surface area (TPSA) is 44.4 Å². The van der Waals surface area contributed by atoms with Crippen molar-refractivity contribution >= 4 is 6.03 Å². The third-order valence-electron chi connectivity index (χ3n) is 5.36. The zero-order valence-corrected chi connectivity index (χ0v) is 12.6. The average Bonchev–Trinajstić information content (AvgIpc) is 2.68. The summed E-state index contributed by atoms with van der Waals surface area (Å²) < 4.78 is 0. The molecule has 2 N–H and O–H groups in total. The summed E-state index contributed by atoms with van der Waals surface area (Å²) in [4.78, 5) is 14.8. The van der Waals surface area contributed by atoms with Gasteiger partial charge in [-0.05, 0) is 38.6 Å². The number of rotatable bonds is 2. The SMILES string of the molecule is O=C(NC1CCCCCC1)NC1CCN2CCCCC12. The Labute approximate surface area is 122 Å². The standard InChI is InChI=1S/C16H29N3O/c20-16(17-13-7-3-1-2-4-8-13)18-14-10-12-19-11-6-5-9-15(14)19/h13-15H,1-12H2,(H2,17,18,20). The largest absolute Gasteiger partial charge is 0.335 e. The van der Waals surface area contributed by atoms with E-state index in [2.05, 4.69) is 15.5 Å². The van der Waals surface area contributed by atoms with Crippen molar-refractivity contribution in [2.75, 3.05) is 13.1 Å². The molecule has 4 nitrogen and oxygen atoms in total.